The Kier molecular flexibility index (Phi) is 3.37. The molecule has 2 rings (SSSR count). The Morgan fingerprint density at radius 1 is 1.41 bits per heavy atom. The largest absolute Gasteiger partial charge is 0.481 e. The lowest BCUT2D eigenvalue weighted by Crippen LogP contribution is -2.33. The Morgan fingerprint density at radius 3 is 2.82 bits per heavy atom. The van der Waals surface area contributed by atoms with Gasteiger partial charge in [0, 0.05) is 18.4 Å². The normalized spacial score (nSPS) is 23.3. The molecule has 1 aliphatic carbocycles. The van der Waals surface area contributed by atoms with E-state index in [1.807, 2.05) is 0 Å². The predicted octanol–water partition coefficient (Wildman–Crippen LogP) is 1.06. The summed E-state index contributed by atoms with van der Waals surface area (Å²) in [6, 6.07) is 3.35. The van der Waals surface area contributed by atoms with Crippen LogP contribution in [0.5, 0.6) is 0 Å². The monoisotopic (exact) mass is 234 g/mol. The molecule has 1 aromatic heterocycles. The topological polar surface area (TPSA) is 79.3 Å². The molecule has 0 saturated heterocycles. The summed E-state index contributed by atoms with van der Waals surface area (Å²) in [7, 11) is 0. The second-order valence-corrected chi connectivity index (χ2v) is 4.26. The van der Waals surface area contributed by atoms with E-state index in [-0.39, 0.29) is 17.9 Å². The molecule has 17 heavy (non-hydrogen) atoms. The molecule has 5 nitrogen and oxygen atoms in total. The predicted molar refractivity (Wildman–Crippen MR) is 60.5 cm³/mol. The minimum Gasteiger partial charge on any atom is -0.481 e. The van der Waals surface area contributed by atoms with Gasteiger partial charge < -0.3 is 10.4 Å². The van der Waals surface area contributed by atoms with E-state index < -0.39 is 5.97 Å². The van der Waals surface area contributed by atoms with Crippen molar-refractivity contribution in [3.63, 3.8) is 0 Å². The van der Waals surface area contributed by atoms with Crippen LogP contribution in [0.2, 0.25) is 0 Å². The molecule has 5 heteroatoms. The van der Waals surface area contributed by atoms with Gasteiger partial charge in [0.25, 0.3) is 5.91 Å². The fourth-order valence-corrected chi connectivity index (χ4v) is 2.10. The fraction of sp³-hybridized carbons (Fsp3) is 0.417. The van der Waals surface area contributed by atoms with E-state index in [0.717, 1.165) is 6.42 Å². The second kappa shape index (κ2) is 4.95. The lowest BCUT2D eigenvalue weighted by atomic mass is 10.1. The van der Waals surface area contributed by atoms with E-state index in [4.69, 9.17) is 5.11 Å². The van der Waals surface area contributed by atoms with Gasteiger partial charge in [-0.05, 0) is 31.4 Å². The number of rotatable bonds is 3. The number of aliphatic carboxylic acids is 1. The summed E-state index contributed by atoms with van der Waals surface area (Å²) in [5.41, 5.74) is 0.506. The molecule has 0 bridgehead atoms. The van der Waals surface area contributed by atoms with Crippen molar-refractivity contribution in [2.75, 3.05) is 0 Å². The number of hydrogen-bond donors (Lipinski definition) is 2. The van der Waals surface area contributed by atoms with Crippen LogP contribution in [-0.4, -0.2) is 28.0 Å². The molecule has 0 spiro atoms. The smallest absolute Gasteiger partial charge is 0.306 e. The van der Waals surface area contributed by atoms with Gasteiger partial charge in [0.05, 0.1) is 11.5 Å². The van der Waals surface area contributed by atoms with E-state index in [1.54, 1.807) is 18.3 Å². The van der Waals surface area contributed by atoms with Crippen LogP contribution in [0.4, 0.5) is 0 Å². The Balaban J connectivity index is 1.91. The van der Waals surface area contributed by atoms with Crippen molar-refractivity contribution >= 4 is 11.9 Å². The van der Waals surface area contributed by atoms with Crippen molar-refractivity contribution < 1.29 is 14.7 Å². The Hall–Kier alpha value is -1.91. The number of carbonyl (C=O) groups excluding carboxylic acids is 1. The molecule has 0 radical (unpaired) electrons. The van der Waals surface area contributed by atoms with Crippen LogP contribution in [0, 0.1) is 5.92 Å². The van der Waals surface area contributed by atoms with Crippen molar-refractivity contribution in [1.29, 1.82) is 0 Å². The van der Waals surface area contributed by atoms with Crippen LogP contribution in [-0.2, 0) is 4.79 Å². The molecule has 1 aromatic rings. The number of aromatic nitrogens is 1. The summed E-state index contributed by atoms with van der Waals surface area (Å²) < 4.78 is 0. The zero-order valence-electron chi connectivity index (χ0n) is 9.30. The first-order valence-corrected chi connectivity index (χ1v) is 5.60. The van der Waals surface area contributed by atoms with Crippen molar-refractivity contribution in [3.8, 4) is 0 Å². The maximum absolute atomic E-state index is 11.8. The number of amides is 1. The maximum atomic E-state index is 11.8. The Labute approximate surface area is 98.9 Å². The maximum Gasteiger partial charge on any atom is 0.306 e. The van der Waals surface area contributed by atoms with E-state index in [2.05, 4.69) is 10.3 Å². The molecule has 1 heterocycles. The third-order valence-electron chi connectivity index (χ3n) is 3.04. The Bertz CT molecular complexity index is 419. The van der Waals surface area contributed by atoms with Gasteiger partial charge in [0.2, 0.25) is 0 Å². The number of nitrogens with zero attached hydrogens (tertiary/aromatic N) is 1. The van der Waals surface area contributed by atoms with E-state index in [0.29, 0.717) is 18.4 Å². The van der Waals surface area contributed by atoms with Crippen LogP contribution < -0.4 is 5.32 Å². The number of carboxylic acids is 1. The van der Waals surface area contributed by atoms with Crippen LogP contribution in [0.1, 0.15) is 29.6 Å². The Morgan fingerprint density at radius 2 is 2.24 bits per heavy atom. The van der Waals surface area contributed by atoms with Gasteiger partial charge in [-0.2, -0.15) is 0 Å². The van der Waals surface area contributed by atoms with Crippen LogP contribution in [0.15, 0.2) is 24.5 Å². The zero-order valence-corrected chi connectivity index (χ0v) is 9.30. The van der Waals surface area contributed by atoms with E-state index in [9.17, 15) is 9.59 Å². The van der Waals surface area contributed by atoms with Gasteiger partial charge >= 0.3 is 5.97 Å². The van der Waals surface area contributed by atoms with Crippen molar-refractivity contribution in [3.05, 3.63) is 30.1 Å². The minimum atomic E-state index is -0.775. The van der Waals surface area contributed by atoms with Crippen molar-refractivity contribution in [1.82, 2.24) is 10.3 Å². The molecule has 0 aliphatic heterocycles. The van der Waals surface area contributed by atoms with Crippen molar-refractivity contribution in [2.24, 2.45) is 5.92 Å². The molecule has 1 aliphatic rings. The molecule has 0 aromatic carbocycles. The highest BCUT2D eigenvalue weighted by Gasteiger charge is 2.30. The minimum absolute atomic E-state index is 0.0381. The summed E-state index contributed by atoms with van der Waals surface area (Å²) in [5.74, 6) is -1.29. The first-order chi connectivity index (χ1) is 8.16. The molecule has 2 N–H and O–H groups in total. The first kappa shape index (κ1) is 11.6. The van der Waals surface area contributed by atoms with Gasteiger partial charge in [-0.25, -0.2) is 0 Å². The molecule has 0 unspecified atom stereocenters. The molecule has 1 saturated carbocycles. The van der Waals surface area contributed by atoms with Crippen LogP contribution >= 0.6 is 0 Å². The third-order valence-corrected chi connectivity index (χ3v) is 3.04. The number of hydrogen-bond acceptors (Lipinski definition) is 3. The van der Waals surface area contributed by atoms with Crippen LogP contribution in [0.25, 0.3) is 0 Å². The fourth-order valence-electron chi connectivity index (χ4n) is 2.10. The summed E-state index contributed by atoms with van der Waals surface area (Å²) in [6.45, 7) is 0. The molecular weight excluding hydrogens is 220 g/mol. The zero-order chi connectivity index (χ0) is 12.3. The second-order valence-electron chi connectivity index (χ2n) is 4.26. The number of carboxylic acid groups (broad SMARTS) is 1. The van der Waals surface area contributed by atoms with Crippen molar-refractivity contribution in [2.45, 2.75) is 25.3 Å². The summed E-state index contributed by atoms with van der Waals surface area (Å²) in [4.78, 5) is 26.4. The summed E-state index contributed by atoms with van der Waals surface area (Å²) in [6.07, 6.45) is 4.98. The quantitative estimate of drug-likeness (QED) is 0.819. The molecule has 1 fully saturated rings. The highest BCUT2D eigenvalue weighted by molar-refractivity contribution is 5.94. The summed E-state index contributed by atoms with van der Waals surface area (Å²) >= 11 is 0. The number of pyridine rings is 1. The first-order valence-electron chi connectivity index (χ1n) is 5.60. The summed E-state index contributed by atoms with van der Waals surface area (Å²) in [5, 5.41) is 11.7. The average Bonchev–Trinajstić information content (AvgIpc) is 2.79. The van der Waals surface area contributed by atoms with Gasteiger partial charge in [-0.15, -0.1) is 0 Å². The number of carbonyl (C=O) groups is 2. The lowest BCUT2D eigenvalue weighted by Gasteiger charge is -2.11. The van der Waals surface area contributed by atoms with Gasteiger partial charge in [-0.1, -0.05) is 0 Å². The number of nitrogens with one attached hydrogen (secondary N) is 1. The third kappa shape index (κ3) is 2.81. The molecule has 90 valence electrons. The average molecular weight is 234 g/mol. The molecule has 1 amide bonds. The van der Waals surface area contributed by atoms with E-state index in [1.165, 1.54) is 6.20 Å². The van der Waals surface area contributed by atoms with Gasteiger partial charge in [0.1, 0.15) is 0 Å². The molecular formula is C12H14N2O3. The van der Waals surface area contributed by atoms with Gasteiger partial charge in [0.15, 0.2) is 0 Å². The van der Waals surface area contributed by atoms with Gasteiger partial charge in [-0.3, -0.25) is 14.6 Å². The van der Waals surface area contributed by atoms with Crippen LogP contribution in [0.3, 0.4) is 0 Å². The highest BCUT2D eigenvalue weighted by Crippen LogP contribution is 2.25. The van der Waals surface area contributed by atoms with E-state index >= 15 is 0 Å². The lowest BCUT2D eigenvalue weighted by molar-refractivity contribution is -0.141. The molecule has 2 atom stereocenters. The SMILES string of the molecule is O=C(N[C@H]1CC[C@@H](C(=O)O)C1)c1cccnc1. The highest BCUT2D eigenvalue weighted by atomic mass is 16.4. The standard InChI is InChI=1S/C12H14N2O3/c15-11(9-2-1-5-13-7-9)14-10-4-3-8(6-10)12(16)17/h1-2,5,7-8,10H,3-4,6H2,(H,14,15)(H,16,17)/t8-,10+/m1/s1.